The van der Waals surface area contributed by atoms with Crippen molar-refractivity contribution in [2.24, 2.45) is 0 Å². The number of hydrogen-bond acceptors (Lipinski definition) is 4. The van der Waals surface area contributed by atoms with Crippen molar-refractivity contribution < 1.29 is 8.83 Å². The molecule has 18 aromatic rings. The van der Waals surface area contributed by atoms with Gasteiger partial charge < -0.3 is 18.6 Å². The van der Waals surface area contributed by atoms with E-state index in [1.165, 1.54) is 54.0 Å². The van der Waals surface area contributed by atoms with Crippen LogP contribution in [0.3, 0.4) is 0 Å². The summed E-state index contributed by atoms with van der Waals surface area (Å²) in [4.78, 5) is 4.99. The van der Waals surface area contributed by atoms with Gasteiger partial charge in [0.1, 0.15) is 11.2 Å². The Labute approximate surface area is 576 Å². The highest BCUT2D eigenvalue weighted by atomic mass is 28.3. The highest BCUT2D eigenvalue weighted by Crippen LogP contribution is 2.58. The van der Waals surface area contributed by atoms with Gasteiger partial charge in [0.05, 0.1) is 28.4 Å². The molecule has 1 aliphatic carbocycles. The fourth-order valence-electron chi connectivity index (χ4n) is 16.5. The molecule has 19 rings (SSSR count). The molecule has 4 nitrogen and oxygen atoms in total. The van der Waals surface area contributed by atoms with E-state index < -0.39 is 13.5 Å². The molecular weight excluding hydrogens is 1220 g/mol. The maximum absolute atomic E-state index is 7.22. The van der Waals surface area contributed by atoms with Crippen LogP contribution >= 0.6 is 0 Å². The number of hydrogen-bond donors (Lipinski definition) is 0. The van der Waals surface area contributed by atoms with Crippen molar-refractivity contribution in [3.05, 3.63) is 362 Å². The summed E-state index contributed by atoms with van der Waals surface area (Å²) in [6, 6.07) is 128. The van der Waals surface area contributed by atoms with Crippen molar-refractivity contribution >= 4 is 139 Å². The number of rotatable bonds is 12. The predicted octanol–water partition coefficient (Wildman–Crippen LogP) is 23.2. The van der Waals surface area contributed by atoms with Gasteiger partial charge in [-0.05, 0) is 155 Å². The van der Waals surface area contributed by atoms with Gasteiger partial charge in [-0.25, -0.2) is 0 Å². The minimum Gasteiger partial charge on any atom is -0.454 e. The maximum atomic E-state index is 7.22. The molecule has 0 saturated heterocycles. The van der Waals surface area contributed by atoms with E-state index in [9.17, 15) is 0 Å². The van der Waals surface area contributed by atoms with Crippen LogP contribution in [0.5, 0.6) is 0 Å². The topological polar surface area (TPSA) is 32.8 Å². The third-order valence-corrected chi connectivity index (χ3v) is 26.0. The second-order valence-electron chi connectivity index (χ2n) is 27.1. The Balaban J connectivity index is 0.820. The van der Waals surface area contributed by atoms with Crippen LogP contribution in [0.25, 0.3) is 110 Å². The second-order valence-corrected chi connectivity index (χ2v) is 30.9. The number of aryl methyl sites for hydroxylation is 1. The minimum atomic E-state index is -2.81. The van der Waals surface area contributed by atoms with E-state index in [-0.39, 0.29) is 0 Å². The number of benzene rings is 16. The SMILES string of the molecule is Cc1ccc(-c2cc(N(c3cccc4ccccc34)c3cc4c(c5ccccc35)-c3ccc(N(c5cccc6ccccc56)c5cc(-c6ccc([Si](c7ccccc7)(c7ccccc7)c7ccccc7)cc6)cc6c5oc5ccccc56)cc3C4(C)C)c3oc4ccccc4c3c2)cc1. The normalized spacial score (nSPS) is 12.7. The lowest BCUT2D eigenvalue weighted by atomic mass is 9.81. The van der Waals surface area contributed by atoms with E-state index in [4.69, 9.17) is 8.83 Å². The first-order valence-electron chi connectivity index (χ1n) is 34.3. The van der Waals surface area contributed by atoms with E-state index in [2.05, 4.69) is 376 Å². The number of anilines is 6. The number of nitrogens with zero attached hydrogens (tertiary/aromatic N) is 2. The molecule has 0 radical (unpaired) electrons. The molecular formula is C94H66N2O2Si. The van der Waals surface area contributed by atoms with E-state index in [0.29, 0.717) is 0 Å². The predicted molar refractivity (Wildman–Crippen MR) is 420 cm³/mol. The highest BCUT2D eigenvalue weighted by Gasteiger charge is 2.42. The molecule has 2 heterocycles. The Morgan fingerprint density at radius 1 is 0.283 bits per heavy atom. The summed E-state index contributed by atoms with van der Waals surface area (Å²) in [5.74, 6) is 0. The molecule has 0 fully saturated rings. The number of fused-ring (bicyclic) bond motifs is 13. The summed E-state index contributed by atoms with van der Waals surface area (Å²) in [5.41, 5.74) is 19.7. The third kappa shape index (κ3) is 9.19. The van der Waals surface area contributed by atoms with Gasteiger partial charge in [0.15, 0.2) is 19.2 Å². The lowest BCUT2D eigenvalue weighted by molar-refractivity contribution is 0.660. The van der Waals surface area contributed by atoms with Gasteiger partial charge in [-0.3, -0.25) is 0 Å². The van der Waals surface area contributed by atoms with Crippen molar-refractivity contribution in [1.29, 1.82) is 0 Å². The van der Waals surface area contributed by atoms with Crippen molar-refractivity contribution in [3.63, 3.8) is 0 Å². The monoisotopic (exact) mass is 1280 g/mol. The average molecular weight is 1280 g/mol. The molecule has 5 heteroatoms. The Morgan fingerprint density at radius 3 is 1.24 bits per heavy atom. The van der Waals surface area contributed by atoms with Crippen LogP contribution in [0.15, 0.2) is 355 Å². The molecule has 2 aromatic heterocycles. The van der Waals surface area contributed by atoms with Gasteiger partial charge in [0.2, 0.25) is 0 Å². The zero-order valence-corrected chi connectivity index (χ0v) is 56.1. The lowest BCUT2D eigenvalue weighted by Crippen LogP contribution is -2.74. The Hall–Kier alpha value is -12.3. The van der Waals surface area contributed by atoms with Gasteiger partial charge >= 0.3 is 0 Å². The molecule has 0 aliphatic heterocycles. The van der Waals surface area contributed by atoms with Crippen molar-refractivity contribution in [1.82, 2.24) is 0 Å². The minimum absolute atomic E-state index is 0.497. The Kier molecular flexibility index (Phi) is 13.5. The van der Waals surface area contributed by atoms with Gasteiger partial charge in [-0.15, -0.1) is 0 Å². The summed E-state index contributed by atoms with van der Waals surface area (Å²) in [5, 5.41) is 16.6. The van der Waals surface area contributed by atoms with Crippen molar-refractivity contribution in [3.8, 4) is 33.4 Å². The summed E-state index contributed by atoms with van der Waals surface area (Å²) in [6.45, 7) is 7.00. The van der Waals surface area contributed by atoms with E-state index >= 15 is 0 Å². The molecule has 99 heavy (non-hydrogen) atoms. The molecule has 0 N–H and O–H groups in total. The maximum Gasteiger partial charge on any atom is 0.179 e. The molecule has 0 bridgehead atoms. The Morgan fingerprint density at radius 2 is 0.707 bits per heavy atom. The number of furan rings is 2. The molecule has 0 atom stereocenters. The van der Waals surface area contributed by atoms with E-state index in [1.807, 2.05) is 0 Å². The molecule has 1 aliphatic rings. The largest absolute Gasteiger partial charge is 0.454 e. The zero-order valence-electron chi connectivity index (χ0n) is 55.1. The zero-order chi connectivity index (χ0) is 65.9. The molecule has 0 unspecified atom stereocenters. The first kappa shape index (κ1) is 58.1. The molecule has 0 spiro atoms. The molecule has 0 saturated carbocycles. The van der Waals surface area contributed by atoms with Crippen LogP contribution in [0, 0.1) is 6.92 Å². The smallest absolute Gasteiger partial charge is 0.179 e. The van der Waals surface area contributed by atoms with Gasteiger partial charge in [-0.1, -0.05) is 298 Å². The van der Waals surface area contributed by atoms with Crippen LogP contribution in [-0.4, -0.2) is 8.07 Å². The van der Waals surface area contributed by atoms with Gasteiger partial charge in [0, 0.05) is 48.8 Å². The standard InChI is InChI=1S/C94H66N2O2Si/c1-61-45-47-62(48-46-61)67-56-81-77-39-20-22-44-90(77)98-93(81)88(58-67)96(85-42-24-28-65-26-14-16-36-74(65)85)86-60-83-91(78-40-18-17-37-75(78)86)79-54-51-68(59-82(79)94(83,2)3)95(84-41-23-27-64-25-13-15-35-73(64)84)87-57-66(55-80-76-38-19-21-43-89(76)97-92(80)87)63-49-52-72(53-50-63)99(69-29-7-4-8-30-69,70-31-9-5-10-32-70)71-33-11-6-12-34-71/h4-60H,1-3H3. The molecule has 16 aromatic carbocycles. The molecule has 0 amide bonds. The Bertz CT molecular complexity index is 6100. The van der Waals surface area contributed by atoms with E-state index in [0.717, 1.165) is 127 Å². The van der Waals surface area contributed by atoms with Crippen molar-refractivity contribution in [2.45, 2.75) is 26.2 Å². The highest BCUT2D eigenvalue weighted by molar-refractivity contribution is 7.19. The fourth-order valence-corrected chi connectivity index (χ4v) is 21.2. The van der Waals surface area contributed by atoms with Crippen LogP contribution in [0.4, 0.5) is 34.1 Å². The van der Waals surface area contributed by atoms with Gasteiger partial charge in [-0.2, -0.15) is 0 Å². The average Bonchev–Trinajstić information content (AvgIpc) is 1.57. The lowest BCUT2D eigenvalue weighted by Gasteiger charge is -2.34. The van der Waals surface area contributed by atoms with E-state index in [1.54, 1.807) is 0 Å². The van der Waals surface area contributed by atoms with Crippen molar-refractivity contribution in [2.75, 3.05) is 9.80 Å². The number of para-hydroxylation sites is 2. The van der Waals surface area contributed by atoms with Crippen LogP contribution in [-0.2, 0) is 5.41 Å². The first-order valence-corrected chi connectivity index (χ1v) is 36.3. The summed E-state index contributed by atoms with van der Waals surface area (Å²) in [6.07, 6.45) is 0. The summed E-state index contributed by atoms with van der Waals surface area (Å²) in [7, 11) is -2.81. The summed E-state index contributed by atoms with van der Waals surface area (Å²) < 4.78 is 14.4. The third-order valence-electron chi connectivity index (χ3n) is 21.2. The first-order chi connectivity index (χ1) is 48.8. The fraction of sp³-hybridized carbons (Fsp3) is 0.0426. The van der Waals surface area contributed by atoms with Crippen LogP contribution in [0.2, 0.25) is 0 Å². The molecule has 468 valence electrons. The van der Waals surface area contributed by atoms with Gasteiger partial charge in [0.25, 0.3) is 0 Å². The quantitative estimate of drug-likeness (QED) is 0.0901. The van der Waals surface area contributed by atoms with Crippen LogP contribution < -0.4 is 30.5 Å². The summed E-state index contributed by atoms with van der Waals surface area (Å²) >= 11 is 0. The van der Waals surface area contributed by atoms with Crippen LogP contribution in [0.1, 0.15) is 30.5 Å². The second kappa shape index (κ2) is 23.0.